The third-order valence-electron chi connectivity index (χ3n) is 4.59. The zero-order valence-electron chi connectivity index (χ0n) is 14.2. The zero-order valence-corrected chi connectivity index (χ0v) is 14.2. The molecule has 5 atom stereocenters. The van der Waals surface area contributed by atoms with E-state index in [1.807, 2.05) is 6.92 Å². The van der Waals surface area contributed by atoms with E-state index in [-0.39, 0.29) is 42.4 Å². The summed E-state index contributed by atoms with van der Waals surface area (Å²) in [6.45, 7) is 3.54. The van der Waals surface area contributed by atoms with Gasteiger partial charge in [-0.2, -0.15) is 0 Å². The van der Waals surface area contributed by atoms with Gasteiger partial charge in [-0.3, -0.25) is 9.59 Å². The van der Waals surface area contributed by atoms with Crippen LogP contribution in [0.5, 0.6) is 0 Å². The van der Waals surface area contributed by atoms with Crippen LogP contribution in [0.2, 0.25) is 0 Å². The Morgan fingerprint density at radius 2 is 2.00 bits per heavy atom. The van der Waals surface area contributed by atoms with Crippen LogP contribution in [-0.4, -0.2) is 50.1 Å². The van der Waals surface area contributed by atoms with Gasteiger partial charge in [-0.25, -0.2) is 9.78 Å². The lowest BCUT2D eigenvalue weighted by Crippen LogP contribution is -2.46. The van der Waals surface area contributed by atoms with Gasteiger partial charge in [0.15, 0.2) is 5.78 Å². The number of Topliss-reactive ketones (excluding diaryl/α,β-unsaturated/α-hetero) is 1. The van der Waals surface area contributed by atoms with E-state index >= 15 is 0 Å². The summed E-state index contributed by atoms with van der Waals surface area (Å²) in [5, 5.41) is 0. The molecule has 0 radical (unpaired) electrons. The molecule has 2 heterocycles. The highest BCUT2D eigenvalue weighted by Crippen LogP contribution is 2.38. The number of carbonyl (C=O) groups is 2. The minimum Gasteiger partial charge on any atom is -0.469 e. The average Bonchev–Trinajstić information content (AvgIpc) is 3.29. The summed E-state index contributed by atoms with van der Waals surface area (Å²) < 4.78 is 15.5. The van der Waals surface area contributed by atoms with E-state index in [2.05, 4.69) is 4.74 Å². The van der Waals surface area contributed by atoms with Gasteiger partial charge in [-0.1, -0.05) is 6.92 Å². The van der Waals surface area contributed by atoms with Crippen LogP contribution in [0.4, 0.5) is 0 Å². The molecule has 2 fully saturated rings. The van der Waals surface area contributed by atoms with Crippen LogP contribution in [0.3, 0.4) is 0 Å². The van der Waals surface area contributed by atoms with Gasteiger partial charge in [-0.15, -0.1) is 0 Å². The van der Waals surface area contributed by atoms with Gasteiger partial charge in [0.2, 0.25) is 5.79 Å². The van der Waals surface area contributed by atoms with Crippen LogP contribution < -0.4 is 0 Å². The molecule has 132 valence electrons. The molecule has 2 aliphatic rings. The van der Waals surface area contributed by atoms with Crippen molar-refractivity contribution in [1.29, 1.82) is 0 Å². The third kappa shape index (κ3) is 4.73. The molecule has 0 N–H and O–H groups in total. The van der Waals surface area contributed by atoms with E-state index < -0.39 is 5.79 Å². The van der Waals surface area contributed by atoms with E-state index in [0.717, 1.165) is 12.8 Å². The fraction of sp³-hybridized carbons (Fsp3) is 0.875. The highest BCUT2D eigenvalue weighted by molar-refractivity contribution is 5.83. The molecule has 0 unspecified atom stereocenters. The summed E-state index contributed by atoms with van der Waals surface area (Å²) in [6.07, 6.45) is 2.48. The van der Waals surface area contributed by atoms with Crippen molar-refractivity contribution >= 4 is 11.8 Å². The Morgan fingerprint density at radius 1 is 1.26 bits per heavy atom. The Labute approximate surface area is 136 Å². The van der Waals surface area contributed by atoms with Crippen LogP contribution in [0.1, 0.15) is 46.0 Å². The van der Waals surface area contributed by atoms with Gasteiger partial charge in [0, 0.05) is 20.0 Å². The Hall–Kier alpha value is -1.02. The van der Waals surface area contributed by atoms with Crippen LogP contribution in [0, 0.1) is 5.92 Å². The second-order valence-electron chi connectivity index (χ2n) is 6.39. The lowest BCUT2D eigenvalue weighted by Gasteiger charge is -2.40. The number of ketones is 1. The molecule has 0 spiro atoms. The fourth-order valence-electron chi connectivity index (χ4n) is 3.04. The van der Waals surface area contributed by atoms with Crippen molar-refractivity contribution in [2.24, 2.45) is 5.92 Å². The topological polar surface area (TPSA) is 83.6 Å². The van der Waals surface area contributed by atoms with Crippen molar-refractivity contribution < 1.29 is 33.6 Å². The van der Waals surface area contributed by atoms with E-state index in [4.69, 9.17) is 19.2 Å². The Bertz CT molecular complexity index is 438. The molecule has 0 aromatic heterocycles. The number of hydrogen-bond acceptors (Lipinski definition) is 7. The quantitative estimate of drug-likeness (QED) is 0.381. The van der Waals surface area contributed by atoms with Crippen molar-refractivity contribution in [2.75, 3.05) is 14.2 Å². The minimum atomic E-state index is -0.813. The summed E-state index contributed by atoms with van der Waals surface area (Å²) in [4.78, 5) is 33.4. The standard InChI is InChI=1S/C16H26O7/c1-10-9-16(20-4,23-22-13(10)8-14(18)19-3)7-5-6-12-15(21-12)11(2)17/h10,12-13,15H,5-9H2,1-4H3/t10-,12+,13-,15+,16+/m0/s1. The summed E-state index contributed by atoms with van der Waals surface area (Å²) in [6, 6.07) is 0. The van der Waals surface area contributed by atoms with Gasteiger partial charge in [0.1, 0.15) is 12.2 Å². The van der Waals surface area contributed by atoms with Crippen LogP contribution >= 0.6 is 0 Å². The monoisotopic (exact) mass is 330 g/mol. The first kappa shape index (κ1) is 18.3. The van der Waals surface area contributed by atoms with Gasteiger partial charge in [-0.05, 0) is 25.7 Å². The largest absolute Gasteiger partial charge is 0.469 e. The smallest absolute Gasteiger partial charge is 0.308 e. The molecular weight excluding hydrogens is 304 g/mol. The third-order valence-corrected chi connectivity index (χ3v) is 4.59. The summed E-state index contributed by atoms with van der Waals surface area (Å²) in [7, 11) is 2.94. The number of epoxide rings is 1. The van der Waals surface area contributed by atoms with E-state index in [1.54, 1.807) is 14.0 Å². The molecule has 0 aliphatic carbocycles. The zero-order chi connectivity index (χ0) is 17.0. The SMILES string of the molecule is COC(=O)C[C@@H]1OO[C@@](CCC[C@H]2O[C@@H]2C(C)=O)(OC)C[C@@H]1C. The first-order chi connectivity index (χ1) is 10.9. The lowest BCUT2D eigenvalue weighted by molar-refractivity contribution is -0.475. The molecule has 7 nitrogen and oxygen atoms in total. The molecular formula is C16H26O7. The van der Waals surface area contributed by atoms with Crippen molar-refractivity contribution in [3.8, 4) is 0 Å². The highest BCUT2D eigenvalue weighted by Gasteiger charge is 2.45. The van der Waals surface area contributed by atoms with Crippen molar-refractivity contribution in [2.45, 2.75) is 70.1 Å². The average molecular weight is 330 g/mol. The number of esters is 1. The summed E-state index contributed by atoms with van der Waals surface area (Å²) in [5.74, 6) is -0.957. The fourth-order valence-corrected chi connectivity index (χ4v) is 3.04. The predicted octanol–water partition coefficient (Wildman–Crippen LogP) is 1.78. The minimum absolute atomic E-state index is 0.0235. The highest BCUT2D eigenvalue weighted by atomic mass is 17.2. The van der Waals surface area contributed by atoms with Crippen molar-refractivity contribution in [1.82, 2.24) is 0 Å². The first-order valence-corrected chi connectivity index (χ1v) is 8.03. The second-order valence-corrected chi connectivity index (χ2v) is 6.39. The van der Waals surface area contributed by atoms with Gasteiger partial charge < -0.3 is 14.2 Å². The van der Waals surface area contributed by atoms with Crippen molar-refractivity contribution in [3.63, 3.8) is 0 Å². The van der Waals surface area contributed by atoms with E-state index in [9.17, 15) is 9.59 Å². The van der Waals surface area contributed by atoms with Crippen LogP contribution in [-0.2, 0) is 33.6 Å². The van der Waals surface area contributed by atoms with E-state index in [1.165, 1.54) is 7.11 Å². The Kier molecular flexibility index (Phi) is 6.13. The number of carbonyl (C=O) groups excluding carboxylic acids is 2. The normalized spacial score (nSPS) is 36.5. The lowest BCUT2D eigenvalue weighted by atomic mass is 9.89. The van der Waals surface area contributed by atoms with E-state index in [0.29, 0.717) is 12.8 Å². The molecule has 2 rings (SSSR count). The number of rotatable bonds is 8. The number of ether oxygens (including phenoxy) is 3. The maximum atomic E-state index is 11.4. The second kappa shape index (κ2) is 7.70. The molecule has 0 bridgehead atoms. The molecule has 2 saturated heterocycles. The molecule has 23 heavy (non-hydrogen) atoms. The van der Waals surface area contributed by atoms with Crippen molar-refractivity contribution in [3.05, 3.63) is 0 Å². The maximum absolute atomic E-state index is 11.4. The number of methoxy groups -OCH3 is 2. The Balaban J connectivity index is 1.78. The van der Waals surface area contributed by atoms with Gasteiger partial charge in [0.25, 0.3) is 0 Å². The number of hydrogen-bond donors (Lipinski definition) is 0. The molecule has 0 amide bonds. The first-order valence-electron chi connectivity index (χ1n) is 8.03. The molecule has 0 saturated carbocycles. The molecule has 7 heteroatoms. The Morgan fingerprint density at radius 3 is 2.52 bits per heavy atom. The molecule has 0 aromatic carbocycles. The maximum Gasteiger partial charge on any atom is 0.308 e. The predicted molar refractivity (Wildman–Crippen MR) is 79.3 cm³/mol. The van der Waals surface area contributed by atoms with Crippen LogP contribution in [0.15, 0.2) is 0 Å². The summed E-state index contributed by atoms with van der Waals surface area (Å²) >= 11 is 0. The summed E-state index contributed by atoms with van der Waals surface area (Å²) in [5.41, 5.74) is 0. The van der Waals surface area contributed by atoms with Crippen LogP contribution in [0.25, 0.3) is 0 Å². The molecule has 0 aromatic rings. The molecule has 2 aliphatic heterocycles. The van der Waals surface area contributed by atoms with Gasteiger partial charge in [0.05, 0.1) is 19.6 Å². The van der Waals surface area contributed by atoms with Gasteiger partial charge >= 0.3 is 5.97 Å².